The number of anilines is 3. The molecule has 0 saturated heterocycles. The Kier molecular flexibility index (Phi) is 9.37. The van der Waals surface area contributed by atoms with Crippen molar-refractivity contribution in [2.45, 2.75) is 25.4 Å². The summed E-state index contributed by atoms with van der Waals surface area (Å²) in [7, 11) is 3.51. The fourth-order valence-electron chi connectivity index (χ4n) is 4.87. The molecule has 1 aromatic heterocycles. The molecule has 0 spiro atoms. The van der Waals surface area contributed by atoms with Crippen LogP contribution in [0.1, 0.15) is 33.1 Å². The number of carbonyl (C=O) groups is 1. The topological polar surface area (TPSA) is 129 Å². The van der Waals surface area contributed by atoms with Gasteiger partial charge in [-0.2, -0.15) is 9.29 Å². The van der Waals surface area contributed by atoms with Crippen molar-refractivity contribution in [2.75, 3.05) is 58.2 Å². The molecule has 2 atom stereocenters. The molecular formula is C28H36ClN7O4S. The lowest BCUT2D eigenvalue weighted by molar-refractivity contribution is 0.0950. The highest BCUT2D eigenvalue weighted by Crippen LogP contribution is 2.39. The summed E-state index contributed by atoms with van der Waals surface area (Å²) in [4.78, 5) is 23.7. The third kappa shape index (κ3) is 7.07. The third-order valence-electron chi connectivity index (χ3n) is 7.06. The average Bonchev–Trinajstić information content (AvgIpc) is 3.27. The third-order valence-corrected chi connectivity index (χ3v) is 8.61. The summed E-state index contributed by atoms with van der Waals surface area (Å²) in [6.07, 6.45) is 3.26. The minimum Gasteiger partial charge on any atom is -0.495 e. The fourth-order valence-corrected chi connectivity index (χ4v) is 5.69. The molecule has 11 nitrogen and oxygen atoms in total. The number of nitrogens with zero attached hydrogens (tertiary/aromatic N) is 4. The molecule has 41 heavy (non-hydrogen) atoms. The quantitative estimate of drug-likeness (QED) is 0.303. The van der Waals surface area contributed by atoms with E-state index in [1.807, 2.05) is 50.2 Å². The number of nitrogens with one attached hydrogen (secondary N) is 3. The van der Waals surface area contributed by atoms with Crippen LogP contribution in [0.5, 0.6) is 5.75 Å². The van der Waals surface area contributed by atoms with Crippen LogP contribution >= 0.6 is 11.6 Å². The molecule has 3 aromatic rings. The van der Waals surface area contributed by atoms with Gasteiger partial charge in [-0.1, -0.05) is 35.9 Å². The number of halogens is 1. The molecule has 0 saturated carbocycles. The first-order chi connectivity index (χ1) is 19.4. The Bertz CT molecular complexity index is 1530. The van der Waals surface area contributed by atoms with Gasteiger partial charge in [0.1, 0.15) is 10.8 Å². The molecule has 3 N–H and O–H groups in total. The van der Waals surface area contributed by atoms with Crippen LogP contribution in [-0.2, 0) is 16.4 Å². The maximum absolute atomic E-state index is 12.8. The predicted octanol–water partition coefficient (Wildman–Crippen LogP) is 3.45. The largest absolute Gasteiger partial charge is 0.495 e. The lowest BCUT2D eigenvalue weighted by Crippen LogP contribution is -2.39. The van der Waals surface area contributed by atoms with Crippen LogP contribution < -0.4 is 20.7 Å². The Balaban J connectivity index is 1.57. The highest BCUT2D eigenvalue weighted by molar-refractivity contribution is 7.88. The summed E-state index contributed by atoms with van der Waals surface area (Å²) in [6, 6.07) is 10.5. The second kappa shape index (κ2) is 12.6. The minimum absolute atomic E-state index is 0.186. The maximum Gasteiger partial charge on any atom is 0.251 e. The number of ether oxygens (including phenoxy) is 1. The van der Waals surface area contributed by atoms with Gasteiger partial charge in [0, 0.05) is 25.7 Å². The zero-order valence-electron chi connectivity index (χ0n) is 24.0. The number of carbonyl (C=O) groups excluding carboxylic acids is 1. The van der Waals surface area contributed by atoms with Crippen molar-refractivity contribution in [1.29, 1.82) is 0 Å². The summed E-state index contributed by atoms with van der Waals surface area (Å²) in [5.74, 6) is 0.875. The van der Waals surface area contributed by atoms with Crippen LogP contribution in [-0.4, -0.2) is 87.1 Å². The summed E-state index contributed by atoms with van der Waals surface area (Å²) in [6.45, 7) is 3.09. The van der Waals surface area contributed by atoms with E-state index in [-0.39, 0.29) is 17.9 Å². The molecule has 1 heterocycles. The van der Waals surface area contributed by atoms with Gasteiger partial charge in [-0.3, -0.25) is 4.79 Å². The average molecular weight is 602 g/mol. The normalized spacial score (nSPS) is 16.5. The standard InChI is InChI=1S/C28H36ClN7O4S/c1-17-13-22(24(40-5)15-20(17)27(37)30-11-12-35(2)3)33-28-31-16-21(29)26(34-28)32-23-14-18-9-7-8-10-19(18)25(23)36(4)41(6,38)39/h7-10,13,15-16,23,25H,11-12,14H2,1-6H3,(H,30,37)(H2,31,32,33,34). The Morgan fingerprint density at radius 1 is 1.20 bits per heavy atom. The highest BCUT2D eigenvalue weighted by Gasteiger charge is 2.38. The second-order valence-corrected chi connectivity index (χ2v) is 12.8. The van der Waals surface area contributed by atoms with E-state index < -0.39 is 16.1 Å². The summed E-state index contributed by atoms with van der Waals surface area (Å²) in [5, 5.41) is 9.74. The number of aromatic nitrogens is 2. The van der Waals surface area contributed by atoms with E-state index in [0.29, 0.717) is 40.8 Å². The molecule has 220 valence electrons. The number of rotatable bonds is 11. The molecule has 2 unspecified atom stereocenters. The number of fused-ring (bicyclic) bond motifs is 1. The van der Waals surface area contributed by atoms with Crippen LogP contribution in [0.2, 0.25) is 5.02 Å². The van der Waals surface area contributed by atoms with Crippen molar-refractivity contribution in [1.82, 2.24) is 24.5 Å². The molecule has 1 aliphatic rings. The van der Waals surface area contributed by atoms with Crippen molar-refractivity contribution in [2.24, 2.45) is 0 Å². The Morgan fingerprint density at radius 3 is 2.61 bits per heavy atom. The Morgan fingerprint density at radius 2 is 1.93 bits per heavy atom. The van der Waals surface area contributed by atoms with E-state index in [2.05, 4.69) is 25.9 Å². The van der Waals surface area contributed by atoms with Crippen molar-refractivity contribution in [3.63, 3.8) is 0 Å². The van der Waals surface area contributed by atoms with Crippen LogP contribution in [0.4, 0.5) is 17.5 Å². The monoisotopic (exact) mass is 601 g/mol. The number of hydrogen-bond donors (Lipinski definition) is 3. The van der Waals surface area contributed by atoms with Gasteiger partial charge in [0.25, 0.3) is 5.91 Å². The summed E-state index contributed by atoms with van der Waals surface area (Å²) >= 11 is 6.49. The molecule has 4 rings (SSSR count). The highest BCUT2D eigenvalue weighted by atomic mass is 35.5. The molecular weight excluding hydrogens is 566 g/mol. The van der Waals surface area contributed by atoms with E-state index in [9.17, 15) is 13.2 Å². The number of methoxy groups -OCH3 is 1. The maximum atomic E-state index is 12.8. The van der Waals surface area contributed by atoms with Crippen molar-refractivity contribution >= 4 is 45.0 Å². The lowest BCUT2D eigenvalue weighted by Gasteiger charge is -2.29. The van der Waals surface area contributed by atoms with Crippen molar-refractivity contribution in [3.8, 4) is 5.75 Å². The number of benzene rings is 2. The molecule has 0 fully saturated rings. The van der Waals surface area contributed by atoms with E-state index in [4.69, 9.17) is 16.3 Å². The van der Waals surface area contributed by atoms with Crippen molar-refractivity contribution in [3.05, 3.63) is 69.9 Å². The van der Waals surface area contributed by atoms with E-state index in [0.717, 1.165) is 23.2 Å². The molecule has 13 heteroatoms. The second-order valence-electron chi connectivity index (χ2n) is 10.3. The number of likely N-dealkylation sites (N-methyl/N-ethyl adjacent to an activating group) is 2. The van der Waals surface area contributed by atoms with E-state index >= 15 is 0 Å². The molecule has 1 amide bonds. The van der Waals surface area contributed by atoms with Crippen LogP contribution in [0.15, 0.2) is 42.6 Å². The smallest absolute Gasteiger partial charge is 0.251 e. The zero-order chi connectivity index (χ0) is 29.9. The van der Waals surface area contributed by atoms with Gasteiger partial charge in [-0.05, 0) is 56.3 Å². The molecule has 2 aromatic carbocycles. The van der Waals surface area contributed by atoms with Gasteiger partial charge in [-0.25, -0.2) is 13.4 Å². The number of sulfonamides is 1. The Labute approximate surface area is 246 Å². The SMILES string of the molecule is COc1cc(C(=O)NCCN(C)C)c(C)cc1Nc1ncc(Cl)c(NC2Cc3ccccc3C2N(C)S(C)(=O)=O)n1. The van der Waals surface area contributed by atoms with Gasteiger partial charge in [-0.15, -0.1) is 0 Å². The van der Waals surface area contributed by atoms with Crippen LogP contribution in [0, 0.1) is 6.92 Å². The van der Waals surface area contributed by atoms with Gasteiger partial charge in [0.15, 0.2) is 5.82 Å². The molecule has 1 aliphatic carbocycles. The predicted molar refractivity (Wildman–Crippen MR) is 162 cm³/mol. The van der Waals surface area contributed by atoms with Crippen LogP contribution in [0.3, 0.4) is 0 Å². The number of amides is 1. The number of hydrogen-bond acceptors (Lipinski definition) is 9. The van der Waals surface area contributed by atoms with Gasteiger partial charge in [0.05, 0.1) is 37.3 Å². The first-order valence-electron chi connectivity index (χ1n) is 13.1. The van der Waals surface area contributed by atoms with E-state index in [1.165, 1.54) is 23.9 Å². The van der Waals surface area contributed by atoms with Gasteiger partial charge >= 0.3 is 0 Å². The fraction of sp³-hybridized carbons (Fsp3) is 0.393. The lowest BCUT2D eigenvalue weighted by atomic mass is 10.1. The zero-order valence-corrected chi connectivity index (χ0v) is 25.6. The Hall–Kier alpha value is -3.45. The molecule has 0 radical (unpaired) electrons. The van der Waals surface area contributed by atoms with E-state index in [1.54, 1.807) is 19.2 Å². The summed E-state index contributed by atoms with van der Waals surface area (Å²) in [5.41, 5.74) is 3.82. The first-order valence-corrected chi connectivity index (χ1v) is 15.3. The van der Waals surface area contributed by atoms with Gasteiger partial charge in [0.2, 0.25) is 16.0 Å². The molecule has 0 aliphatic heterocycles. The van der Waals surface area contributed by atoms with Gasteiger partial charge < -0.3 is 25.6 Å². The minimum atomic E-state index is -3.47. The summed E-state index contributed by atoms with van der Waals surface area (Å²) < 4.78 is 31.9. The first kappa shape index (κ1) is 30.5. The van der Waals surface area contributed by atoms with Crippen molar-refractivity contribution < 1.29 is 17.9 Å². The number of aryl methyl sites for hydroxylation is 1. The molecule has 0 bridgehead atoms. The van der Waals surface area contributed by atoms with Crippen LogP contribution in [0.25, 0.3) is 0 Å².